The molecule has 35 heteroatoms. The summed E-state index contributed by atoms with van der Waals surface area (Å²) in [6.45, 7) is 13.9. The number of pyridine rings is 3. The third-order valence-electron chi connectivity index (χ3n) is 22.4. The number of ketones is 1. The molecule has 3 fully saturated rings. The van der Waals surface area contributed by atoms with Crippen LogP contribution in [0.4, 0.5) is 60.8 Å². The summed E-state index contributed by atoms with van der Waals surface area (Å²) in [5.41, 5.74) is 10.2. The number of fused-ring (bicyclic) bond motifs is 6. The largest absolute Gasteiger partial charge is 0.474 e. The number of aromatic nitrogens is 12. The van der Waals surface area contributed by atoms with Gasteiger partial charge in [0.05, 0.1) is 81.4 Å². The number of rotatable bonds is 38. The van der Waals surface area contributed by atoms with Crippen LogP contribution in [0.2, 0.25) is 0 Å². The average Bonchev–Trinajstić information content (AvgIpc) is 1.66. The SMILES string of the molecule is C.O=C(/C=C/C(=O)Nc1cc2c(Nc3ccc4[nH]c(OCc5ccccc5)cc4c3)ncnc2cn1)CCCCN1CCOCC1.O=C(/C=C/C(=O)OCCCN1CCOCC1)Nc1cc2c(Nc3ccc4[nH]c(OCc5ccccc5)cc4c3)ncnc2cn1.O=C(/C=C/C(F)(F)CCCCN1CCOCC1)Nc1cc2c(Nc3ccc4[nH]c(OCc5ccccc5)cc4c3)ncnc2cn1. The van der Waals surface area contributed by atoms with E-state index in [1.807, 2.05) is 164 Å². The van der Waals surface area contributed by atoms with Crippen molar-refractivity contribution in [3.05, 3.63) is 273 Å². The van der Waals surface area contributed by atoms with Crippen LogP contribution in [0, 0.1) is 0 Å². The van der Waals surface area contributed by atoms with Crippen molar-refractivity contribution >= 4 is 147 Å². The van der Waals surface area contributed by atoms with Gasteiger partial charge in [0.2, 0.25) is 17.7 Å². The van der Waals surface area contributed by atoms with Gasteiger partial charge in [0.15, 0.2) is 23.4 Å². The first-order valence-corrected chi connectivity index (χ1v) is 45.1. The molecule has 3 aliphatic heterocycles. The molecule has 0 bridgehead atoms. The standard InChI is InChI=1S/C34H35F2N7O3.C34H35N7O4.C33H33N7O5.CH4/c35-34(36,11-4-5-13-43-14-16-45-17-15-43)12-10-31(44)42-30-20-27-29(21-37-30)38-23-39-33(27)40-26-8-9-28-25(18-26)19-32(41-28)46-22-24-6-2-1-3-7-24;42-27(8-4-5-13-41-14-16-44-17-15-41)10-12-32(43)40-31-20-28-30(21-35-31)36-23-37-34(28)38-26-9-11-29-25(18-26)19-33(39-29)45-22-24-6-2-1-3-7-24;41-30(9-10-32(42)44-14-4-11-40-12-15-43-16-13-40)39-29-19-26-28(20-34-29)35-22-36-33(26)37-25-7-8-27-24(17-25)18-31(38-27)45-21-23-5-2-1-3-6-23;/h1-3,6-10,12,18-21,23,41H,4-5,11,13-17,22H2,(H,37,42,44)(H,38,39,40);1-3,6-7,9-12,18-21,23,39H,4-5,8,13-17,22H2,(H,35,40,43)(H,36,37,38);1-3,5-10,17-20,22,38H,4,11-16,21H2,(H,34,39,41)(H,35,36,37);1H4/b2*12-10+;10-9+;. The number of carbonyl (C=O) groups is 5. The number of benzene rings is 6. The highest BCUT2D eigenvalue weighted by Crippen LogP contribution is 2.34. The van der Waals surface area contributed by atoms with Crippen molar-refractivity contribution in [1.82, 2.24) is 74.5 Å². The summed E-state index contributed by atoms with van der Waals surface area (Å²) < 4.78 is 67.8. The lowest BCUT2D eigenvalue weighted by Gasteiger charge is -2.26. The van der Waals surface area contributed by atoms with Crippen molar-refractivity contribution < 1.29 is 65.9 Å². The number of nitrogens with zero attached hydrogens (tertiary/aromatic N) is 12. The number of nitrogens with one attached hydrogen (secondary N) is 9. The highest BCUT2D eigenvalue weighted by Gasteiger charge is 2.26. The number of allylic oxidation sites excluding steroid dienone is 2. The number of alkyl halides is 2. The van der Waals surface area contributed by atoms with Gasteiger partial charge in [-0.2, -0.15) is 0 Å². The molecule has 0 aliphatic carbocycles. The lowest BCUT2D eigenvalue weighted by molar-refractivity contribution is -0.138. The normalized spacial score (nSPS) is 13.8. The van der Waals surface area contributed by atoms with Crippen LogP contribution in [-0.2, 0) is 62.7 Å². The van der Waals surface area contributed by atoms with Crippen LogP contribution in [0.1, 0.15) is 69.1 Å². The molecule has 3 amide bonds. The van der Waals surface area contributed by atoms with Gasteiger partial charge in [-0.05, 0) is 147 Å². The van der Waals surface area contributed by atoms with E-state index in [1.165, 1.54) is 37.3 Å². The van der Waals surface area contributed by atoms with Gasteiger partial charge in [-0.15, -0.1) is 0 Å². The molecule has 9 N–H and O–H groups in total. The number of anilines is 9. The molecule has 18 rings (SSSR count). The smallest absolute Gasteiger partial charge is 0.330 e. The molecule has 3 saturated heterocycles. The molecule has 6 aromatic carbocycles. The molecule has 9 aromatic heterocycles. The predicted molar refractivity (Wildman–Crippen MR) is 524 cm³/mol. The molecule has 33 nitrogen and oxygen atoms in total. The molecule has 12 heterocycles. The number of esters is 1. The maximum atomic E-state index is 14.4. The zero-order valence-corrected chi connectivity index (χ0v) is 74.7. The highest BCUT2D eigenvalue weighted by molar-refractivity contribution is 6.06. The average molecular weight is 1860 g/mol. The van der Waals surface area contributed by atoms with Gasteiger partial charge in [0.1, 0.15) is 73.7 Å². The monoisotopic (exact) mass is 1860 g/mol. The fraction of sp³-hybridized carbons (Fsp3) is 0.275. The minimum atomic E-state index is -3.08. The molecule has 0 spiro atoms. The van der Waals surface area contributed by atoms with Crippen molar-refractivity contribution in [3.8, 4) is 17.6 Å². The number of hydrogen-bond acceptors (Lipinski definition) is 27. The number of amides is 3. The van der Waals surface area contributed by atoms with Gasteiger partial charge in [-0.3, -0.25) is 33.9 Å². The molecule has 0 saturated carbocycles. The van der Waals surface area contributed by atoms with Gasteiger partial charge >= 0.3 is 5.97 Å². The summed E-state index contributed by atoms with van der Waals surface area (Å²) in [4.78, 5) is 117. The van der Waals surface area contributed by atoms with Crippen LogP contribution in [0.25, 0.3) is 65.4 Å². The van der Waals surface area contributed by atoms with E-state index in [0.29, 0.717) is 138 Å². The first-order valence-electron chi connectivity index (χ1n) is 45.1. The Hall–Kier alpha value is -15.4. The zero-order valence-electron chi connectivity index (χ0n) is 74.7. The van der Waals surface area contributed by atoms with Crippen molar-refractivity contribution in [2.75, 3.05) is 137 Å². The van der Waals surface area contributed by atoms with Gasteiger partial charge in [0.25, 0.3) is 5.92 Å². The highest BCUT2D eigenvalue weighted by atomic mass is 19.3. The number of carbonyl (C=O) groups excluding carboxylic acids is 5. The summed E-state index contributed by atoms with van der Waals surface area (Å²) in [5, 5.41) is 22.8. The van der Waals surface area contributed by atoms with Crippen molar-refractivity contribution in [1.29, 1.82) is 0 Å². The maximum absolute atomic E-state index is 14.4. The van der Waals surface area contributed by atoms with Gasteiger partial charge in [-0.25, -0.2) is 58.4 Å². The van der Waals surface area contributed by atoms with E-state index in [0.717, 1.165) is 183 Å². The minimum absolute atomic E-state index is 0. The van der Waals surface area contributed by atoms with Crippen LogP contribution < -0.4 is 46.1 Å². The van der Waals surface area contributed by atoms with Gasteiger partial charge < -0.3 is 80.0 Å². The molecule has 0 unspecified atom stereocenters. The number of aromatic amines is 3. The van der Waals surface area contributed by atoms with Crippen LogP contribution in [0.5, 0.6) is 17.6 Å². The van der Waals surface area contributed by atoms with E-state index in [-0.39, 0.29) is 37.9 Å². The fourth-order valence-corrected chi connectivity index (χ4v) is 15.3. The van der Waals surface area contributed by atoms with E-state index in [9.17, 15) is 32.8 Å². The fourth-order valence-electron chi connectivity index (χ4n) is 15.3. The second-order valence-electron chi connectivity index (χ2n) is 32.4. The molecule has 0 atom stereocenters. The van der Waals surface area contributed by atoms with Gasteiger partial charge in [-0.1, -0.05) is 98.4 Å². The molecule has 706 valence electrons. The van der Waals surface area contributed by atoms with Crippen LogP contribution in [-0.4, -0.2) is 215 Å². The van der Waals surface area contributed by atoms with Crippen molar-refractivity contribution in [2.24, 2.45) is 0 Å². The quantitative estimate of drug-likeness (QED) is 0.00986. The summed E-state index contributed by atoms with van der Waals surface area (Å²) in [5.74, 6) is -0.946. The number of morpholine rings is 3. The first-order chi connectivity index (χ1) is 66.6. The molecule has 3 aliphatic rings. The van der Waals surface area contributed by atoms with E-state index in [4.69, 9.17) is 33.2 Å². The lowest BCUT2D eigenvalue weighted by Crippen LogP contribution is -2.37. The van der Waals surface area contributed by atoms with E-state index in [1.54, 1.807) is 30.6 Å². The third kappa shape index (κ3) is 29.1. The van der Waals surface area contributed by atoms with E-state index in [2.05, 4.69) is 106 Å². The minimum Gasteiger partial charge on any atom is -0.474 e. The Morgan fingerprint density at radius 2 is 0.752 bits per heavy atom. The van der Waals surface area contributed by atoms with Crippen molar-refractivity contribution in [2.45, 2.75) is 78.1 Å². The van der Waals surface area contributed by atoms with E-state index >= 15 is 0 Å². The van der Waals surface area contributed by atoms with Gasteiger partial charge in [0, 0.05) is 167 Å². The van der Waals surface area contributed by atoms with Crippen LogP contribution in [0.3, 0.4) is 0 Å². The maximum Gasteiger partial charge on any atom is 0.330 e. The molecule has 137 heavy (non-hydrogen) atoms. The second kappa shape index (κ2) is 48.5. The Kier molecular flexibility index (Phi) is 34.0. The first kappa shape index (κ1) is 96.2. The predicted octanol–water partition coefficient (Wildman–Crippen LogP) is 17.1. The third-order valence-corrected chi connectivity index (χ3v) is 22.4. The number of H-pyrrole nitrogens is 3. The topological polar surface area (TPSA) is 395 Å². The number of hydrogen-bond donors (Lipinski definition) is 9. The molecule has 0 radical (unpaired) electrons. The Bertz CT molecular complexity index is 6410. The number of unbranched alkanes of at least 4 members (excludes halogenated alkanes) is 2. The Morgan fingerprint density at radius 3 is 1.14 bits per heavy atom. The Balaban J connectivity index is 0.000000155. The van der Waals surface area contributed by atoms with E-state index < -0.39 is 29.6 Å². The lowest BCUT2D eigenvalue weighted by atomic mass is 10.1. The molecule has 15 aromatic rings. The molecular weight excluding hydrogens is 1750 g/mol. The Morgan fingerprint density at radius 1 is 0.394 bits per heavy atom. The summed E-state index contributed by atoms with van der Waals surface area (Å²) in [6, 6.07) is 58.4. The second-order valence-corrected chi connectivity index (χ2v) is 32.4. The van der Waals surface area contributed by atoms with Crippen LogP contribution >= 0.6 is 0 Å². The molecular formula is C102H107F2N21O12. The Labute approximate surface area is 788 Å². The number of halogens is 2. The van der Waals surface area contributed by atoms with Crippen molar-refractivity contribution in [3.63, 3.8) is 0 Å². The summed E-state index contributed by atoms with van der Waals surface area (Å²) in [7, 11) is 0. The zero-order chi connectivity index (χ0) is 93.5. The summed E-state index contributed by atoms with van der Waals surface area (Å²) >= 11 is 0. The number of ether oxygens (including phenoxy) is 7. The van der Waals surface area contributed by atoms with Crippen LogP contribution in [0.15, 0.2) is 256 Å². The summed E-state index contributed by atoms with van der Waals surface area (Å²) in [6.07, 6.45) is 18.8.